The first-order chi connectivity index (χ1) is 17.4. The van der Waals surface area contributed by atoms with Gasteiger partial charge in [-0.2, -0.15) is 0 Å². The molecule has 0 spiro atoms. The van der Waals surface area contributed by atoms with Crippen LogP contribution in [-0.4, -0.2) is 54.5 Å². The number of hydrogen-bond donors (Lipinski definition) is 4. The summed E-state index contributed by atoms with van der Waals surface area (Å²) >= 11 is 0. The number of carboxylic acids is 1. The zero-order chi connectivity index (χ0) is 25.5. The zero-order valence-corrected chi connectivity index (χ0v) is 19.2. The summed E-state index contributed by atoms with van der Waals surface area (Å²) in [4.78, 5) is 50.1. The number of nitrogens with zero attached hydrogens (tertiary/aromatic N) is 4. The Balaban J connectivity index is 1.50. The monoisotopic (exact) mass is 487 g/mol. The second kappa shape index (κ2) is 11.1. The van der Waals surface area contributed by atoms with E-state index in [9.17, 15) is 19.5 Å². The molecule has 0 bridgehead atoms. The first kappa shape index (κ1) is 24.3. The van der Waals surface area contributed by atoms with Crippen molar-refractivity contribution in [2.75, 3.05) is 5.73 Å². The summed E-state index contributed by atoms with van der Waals surface area (Å²) in [6.07, 6.45) is 2.98. The Bertz CT molecular complexity index is 1360. The molecule has 2 heterocycles. The Labute approximate surface area is 206 Å². The van der Waals surface area contributed by atoms with Gasteiger partial charge >= 0.3 is 5.97 Å². The fraction of sp³-hybridized carbons (Fsp3) is 0.200. The van der Waals surface area contributed by atoms with Crippen LogP contribution in [0.3, 0.4) is 0 Å². The topological polar surface area (TPSA) is 165 Å². The summed E-state index contributed by atoms with van der Waals surface area (Å²) in [5, 5.41) is 15.0. The van der Waals surface area contributed by atoms with Crippen molar-refractivity contribution in [3.63, 3.8) is 0 Å². The number of carboxylic acid groups (broad SMARTS) is 1. The van der Waals surface area contributed by atoms with Crippen molar-refractivity contribution in [3.8, 4) is 0 Å². The summed E-state index contributed by atoms with van der Waals surface area (Å²) < 4.78 is 1.50. The molecule has 2 amide bonds. The van der Waals surface area contributed by atoms with Crippen LogP contribution in [-0.2, 0) is 33.8 Å². The van der Waals surface area contributed by atoms with Crippen molar-refractivity contribution >= 4 is 34.8 Å². The van der Waals surface area contributed by atoms with Crippen molar-refractivity contribution in [1.82, 2.24) is 30.2 Å². The maximum absolute atomic E-state index is 13.2. The van der Waals surface area contributed by atoms with Crippen molar-refractivity contribution in [2.45, 2.75) is 31.5 Å². The van der Waals surface area contributed by atoms with Gasteiger partial charge in [0.1, 0.15) is 30.5 Å². The number of anilines is 1. The van der Waals surface area contributed by atoms with E-state index in [1.165, 1.54) is 17.2 Å². The molecule has 5 N–H and O–H groups in total. The van der Waals surface area contributed by atoms with Gasteiger partial charge in [-0.15, -0.1) is 0 Å². The van der Waals surface area contributed by atoms with Gasteiger partial charge in [0.15, 0.2) is 11.5 Å². The lowest BCUT2D eigenvalue weighted by molar-refractivity contribution is -0.142. The molecular formula is C25H25N7O4. The highest BCUT2D eigenvalue weighted by atomic mass is 16.4. The van der Waals surface area contributed by atoms with Gasteiger partial charge in [-0.25, -0.2) is 19.7 Å². The minimum atomic E-state index is -1.17. The van der Waals surface area contributed by atoms with Crippen LogP contribution in [0.2, 0.25) is 0 Å². The summed E-state index contributed by atoms with van der Waals surface area (Å²) in [7, 11) is 0. The van der Waals surface area contributed by atoms with Crippen LogP contribution in [0.25, 0.3) is 11.2 Å². The van der Waals surface area contributed by atoms with E-state index in [0.29, 0.717) is 11.2 Å². The van der Waals surface area contributed by atoms with Crippen molar-refractivity contribution in [2.24, 2.45) is 0 Å². The highest BCUT2D eigenvalue weighted by molar-refractivity contribution is 5.91. The van der Waals surface area contributed by atoms with E-state index in [-0.39, 0.29) is 25.2 Å². The number of nitrogen functional groups attached to an aromatic ring is 1. The fourth-order valence-electron chi connectivity index (χ4n) is 3.79. The van der Waals surface area contributed by atoms with Gasteiger partial charge in [-0.3, -0.25) is 9.59 Å². The molecule has 2 aromatic carbocycles. The molecule has 0 saturated heterocycles. The zero-order valence-electron chi connectivity index (χ0n) is 19.2. The lowest BCUT2D eigenvalue weighted by Gasteiger charge is -2.22. The third-order valence-electron chi connectivity index (χ3n) is 5.58. The smallest absolute Gasteiger partial charge is 0.326 e. The first-order valence-electron chi connectivity index (χ1n) is 11.2. The minimum absolute atomic E-state index is 0.107. The van der Waals surface area contributed by atoms with Gasteiger partial charge < -0.3 is 26.0 Å². The van der Waals surface area contributed by atoms with Crippen LogP contribution in [0.4, 0.5) is 5.82 Å². The molecule has 4 rings (SSSR count). The Kier molecular flexibility index (Phi) is 7.49. The molecule has 36 heavy (non-hydrogen) atoms. The molecule has 0 saturated carbocycles. The van der Waals surface area contributed by atoms with Crippen LogP contribution in [0.5, 0.6) is 0 Å². The molecule has 2 aromatic heterocycles. The minimum Gasteiger partial charge on any atom is -0.480 e. The number of amides is 2. The van der Waals surface area contributed by atoms with Gasteiger partial charge in [-0.05, 0) is 11.1 Å². The average molecular weight is 488 g/mol. The van der Waals surface area contributed by atoms with Gasteiger partial charge in [0.25, 0.3) is 0 Å². The normalized spacial score (nSPS) is 12.6. The van der Waals surface area contributed by atoms with E-state index < -0.39 is 29.9 Å². The van der Waals surface area contributed by atoms with Gasteiger partial charge in [0.2, 0.25) is 11.8 Å². The van der Waals surface area contributed by atoms with Gasteiger partial charge in [-0.1, -0.05) is 60.7 Å². The van der Waals surface area contributed by atoms with Gasteiger partial charge in [0.05, 0.1) is 6.33 Å². The highest BCUT2D eigenvalue weighted by Gasteiger charge is 2.27. The number of benzene rings is 2. The molecule has 0 unspecified atom stereocenters. The van der Waals surface area contributed by atoms with Crippen LogP contribution >= 0.6 is 0 Å². The number of carbonyl (C=O) groups excluding carboxylic acids is 2. The molecule has 11 heteroatoms. The lowest BCUT2D eigenvalue weighted by Crippen LogP contribution is -2.53. The summed E-state index contributed by atoms with van der Waals surface area (Å²) in [6, 6.07) is 16.0. The third kappa shape index (κ3) is 6.00. The number of nitrogens with one attached hydrogen (secondary N) is 2. The van der Waals surface area contributed by atoms with Crippen LogP contribution in [0.15, 0.2) is 73.3 Å². The van der Waals surface area contributed by atoms with E-state index in [0.717, 1.165) is 11.1 Å². The molecular weight excluding hydrogens is 462 g/mol. The van der Waals surface area contributed by atoms with Crippen molar-refractivity contribution in [3.05, 3.63) is 84.4 Å². The summed E-state index contributed by atoms with van der Waals surface area (Å²) in [6.45, 7) is -0.169. The standard InChI is InChI=1S/C25H25N7O4/c26-22-21-23(28-14-27-22)32(15-29-21)13-20(33)30-18(11-16-7-3-1-4-8-16)24(34)31-19(25(35)36)12-17-9-5-2-6-10-17/h1-10,14-15,18-19H,11-13H2,(H,30,33)(H,31,34)(H,35,36)(H2,26,27,28)/t18-,19-/m0/s1. The molecule has 11 nitrogen and oxygen atoms in total. The van der Waals surface area contributed by atoms with E-state index in [1.807, 2.05) is 36.4 Å². The van der Waals surface area contributed by atoms with Crippen molar-refractivity contribution < 1.29 is 19.5 Å². The maximum Gasteiger partial charge on any atom is 0.326 e. The lowest BCUT2D eigenvalue weighted by atomic mass is 10.0. The highest BCUT2D eigenvalue weighted by Crippen LogP contribution is 2.14. The summed E-state index contributed by atoms with van der Waals surface area (Å²) in [5.41, 5.74) is 8.13. The quantitative estimate of drug-likeness (QED) is 0.257. The summed E-state index contributed by atoms with van der Waals surface area (Å²) in [5.74, 6) is -2.05. The molecule has 0 radical (unpaired) electrons. The average Bonchev–Trinajstić information content (AvgIpc) is 3.28. The fourth-order valence-corrected chi connectivity index (χ4v) is 3.79. The largest absolute Gasteiger partial charge is 0.480 e. The number of aliphatic carboxylic acids is 1. The number of imidazole rings is 1. The molecule has 4 aromatic rings. The Hall–Kier alpha value is -4.80. The number of fused-ring (bicyclic) bond motifs is 1. The molecule has 0 aliphatic carbocycles. The van der Waals surface area contributed by atoms with E-state index >= 15 is 0 Å². The van der Waals surface area contributed by atoms with Crippen LogP contribution in [0, 0.1) is 0 Å². The van der Waals surface area contributed by atoms with E-state index in [2.05, 4.69) is 25.6 Å². The third-order valence-corrected chi connectivity index (χ3v) is 5.58. The maximum atomic E-state index is 13.2. The number of rotatable bonds is 10. The molecule has 184 valence electrons. The van der Waals surface area contributed by atoms with Gasteiger partial charge in [0, 0.05) is 12.8 Å². The number of aromatic nitrogens is 4. The molecule has 0 aliphatic rings. The van der Waals surface area contributed by atoms with Crippen molar-refractivity contribution in [1.29, 1.82) is 0 Å². The molecule has 0 aliphatic heterocycles. The number of nitrogens with two attached hydrogens (primary N) is 1. The second-order valence-electron chi connectivity index (χ2n) is 8.20. The Morgan fingerprint density at radius 2 is 1.47 bits per heavy atom. The van der Waals surface area contributed by atoms with Crippen LogP contribution < -0.4 is 16.4 Å². The Morgan fingerprint density at radius 3 is 2.08 bits per heavy atom. The second-order valence-corrected chi connectivity index (χ2v) is 8.20. The number of carbonyl (C=O) groups is 3. The Morgan fingerprint density at radius 1 is 0.861 bits per heavy atom. The van der Waals surface area contributed by atoms with E-state index in [4.69, 9.17) is 5.73 Å². The van der Waals surface area contributed by atoms with E-state index in [1.54, 1.807) is 24.3 Å². The predicted octanol–water partition coefficient (Wildman–Crippen LogP) is 0.948. The molecule has 0 fully saturated rings. The predicted molar refractivity (Wildman–Crippen MR) is 132 cm³/mol. The van der Waals surface area contributed by atoms with Crippen LogP contribution in [0.1, 0.15) is 11.1 Å². The first-order valence-corrected chi connectivity index (χ1v) is 11.2. The number of hydrogen-bond acceptors (Lipinski definition) is 7. The SMILES string of the molecule is Nc1ncnc2c1ncn2CC(=O)N[C@@H](Cc1ccccc1)C(=O)N[C@@H](Cc1ccccc1)C(=O)O. The molecule has 2 atom stereocenters.